The van der Waals surface area contributed by atoms with Crippen molar-refractivity contribution in [1.29, 1.82) is 0 Å². The molecule has 8 nitrogen and oxygen atoms in total. The first kappa shape index (κ1) is 22.6. The normalized spacial score (nSPS) is 11.2. The zero-order chi connectivity index (χ0) is 21.3. The number of hydrogen-bond acceptors (Lipinski definition) is 7. The molecule has 0 amide bonds. The minimum Gasteiger partial charge on any atom is -0.464 e. The number of carbonyl (C=O) groups is 1. The van der Waals surface area contributed by atoms with Gasteiger partial charge in [0.25, 0.3) is 5.56 Å². The van der Waals surface area contributed by atoms with Crippen LogP contribution in [-0.2, 0) is 32.3 Å². The summed E-state index contributed by atoms with van der Waals surface area (Å²) in [5, 5.41) is 2.53. The van der Waals surface area contributed by atoms with Gasteiger partial charge in [-0.2, -0.15) is 0 Å². The van der Waals surface area contributed by atoms with Gasteiger partial charge in [-0.1, -0.05) is 43.7 Å². The van der Waals surface area contributed by atoms with E-state index in [1.807, 2.05) is 37.3 Å². The number of aryl methyl sites for hydroxylation is 1. The number of rotatable bonds is 11. The minimum absolute atomic E-state index is 0.145. The van der Waals surface area contributed by atoms with E-state index in [1.54, 1.807) is 0 Å². The Balaban J connectivity index is 2.11. The quantitative estimate of drug-likeness (QED) is 0.336. The predicted octanol–water partition coefficient (Wildman–Crippen LogP) is 2.03. The lowest BCUT2D eigenvalue weighted by Crippen LogP contribution is -2.32. The van der Waals surface area contributed by atoms with Crippen LogP contribution in [0.4, 0.5) is 5.69 Å². The number of unbranched alkanes of at least 4 members (excludes halogenated alkanes) is 1. The van der Waals surface area contributed by atoms with Gasteiger partial charge in [0.05, 0.1) is 12.8 Å². The van der Waals surface area contributed by atoms with Crippen molar-refractivity contribution in [3.63, 3.8) is 0 Å². The summed E-state index contributed by atoms with van der Waals surface area (Å²) < 4.78 is 29.9. The zero-order valence-corrected chi connectivity index (χ0v) is 17.6. The van der Waals surface area contributed by atoms with Crippen LogP contribution in [0, 0.1) is 0 Å². The van der Waals surface area contributed by atoms with Gasteiger partial charge in [-0.25, -0.2) is 13.4 Å². The first-order valence-corrected chi connectivity index (χ1v) is 11.5. The smallest absolute Gasteiger partial charge is 0.326 e. The number of aromatic nitrogens is 2. The fraction of sp³-hybridized carbons (Fsp3) is 0.450. The molecule has 2 aromatic rings. The van der Waals surface area contributed by atoms with Crippen molar-refractivity contribution >= 4 is 21.5 Å². The lowest BCUT2D eigenvalue weighted by molar-refractivity contribution is -0.144. The molecule has 1 N–H and O–H groups in total. The Bertz CT molecular complexity index is 971. The summed E-state index contributed by atoms with van der Waals surface area (Å²) in [4.78, 5) is 28.7. The van der Waals surface area contributed by atoms with Crippen molar-refractivity contribution in [2.45, 2.75) is 44.3 Å². The van der Waals surface area contributed by atoms with E-state index in [-0.39, 0.29) is 12.3 Å². The highest BCUT2D eigenvalue weighted by Crippen LogP contribution is 2.08. The summed E-state index contributed by atoms with van der Waals surface area (Å²) in [6, 6.07) is 9.94. The van der Waals surface area contributed by atoms with E-state index in [2.05, 4.69) is 10.3 Å². The molecule has 2 rings (SSSR count). The van der Waals surface area contributed by atoms with Crippen molar-refractivity contribution in [1.82, 2.24) is 9.55 Å². The molecule has 0 aliphatic heterocycles. The van der Waals surface area contributed by atoms with Crippen LogP contribution >= 0.6 is 0 Å². The number of sulfone groups is 1. The molecule has 29 heavy (non-hydrogen) atoms. The molecule has 158 valence electrons. The van der Waals surface area contributed by atoms with E-state index < -0.39 is 33.1 Å². The summed E-state index contributed by atoms with van der Waals surface area (Å²) in [5.74, 6) is -0.673. The van der Waals surface area contributed by atoms with Crippen LogP contribution in [0.5, 0.6) is 0 Å². The van der Waals surface area contributed by atoms with Gasteiger partial charge in [-0.15, -0.1) is 0 Å². The number of benzene rings is 1. The van der Waals surface area contributed by atoms with Crippen molar-refractivity contribution in [3.8, 4) is 0 Å². The van der Waals surface area contributed by atoms with Crippen LogP contribution < -0.4 is 10.9 Å². The Hall–Kier alpha value is -2.68. The Labute approximate surface area is 170 Å². The molecular formula is C20H27N3O5S. The molecule has 0 spiro atoms. The van der Waals surface area contributed by atoms with Crippen LogP contribution in [0.15, 0.2) is 46.5 Å². The van der Waals surface area contributed by atoms with E-state index in [9.17, 15) is 18.0 Å². The zero-order valence-electron chi connectivity index (χ0n) is 16.8. The third-order valence-electron chi connectivity index (χ3n) is 4.19. The van der Waals surface area contributed by atoms with Gasteiger partial charge in [-0.05, 0) is 24.8 Å². The Kier molecular flexibility index (Phi) is 8.38. The maximum Gasteiger partial charge on any atom is 0.326 e. The molecule has 9 heteroatoms. The Morgan fingerprint density at radius 1 is 1.21 bits per heavy atom. The molecule has 0 bridgehead atoms. The molecule has 1 aromatic heterocycles. The monoisotopic (exact) mass is 421 g/mol. The van der Waals surface area contributed by atoms with E-state index in [4.69, 9.17) is 4.74 Å². The predicted molar refractivity (Wildman–Crippen MR) is 111 cm³/mol. The van der Waals surface area contributed by atoms with Gasteiger partial charge in [0.2, 0.25) is 15.0 Å². The third-order valence-corrected chi connectivity index (χ3v) is 5.18. The maximum atomic E-state index is 12.8. The number of nitrogens with zero attached hydrogens (tertiary/aromatic N) is 2. The number of hydrogen-bond donors (Lipinski definition) is 1. The number of nitrogens with one attached hydrogen (secondary N) is 1. The highest BCUT2D eigenvalue weighted by Gasteiger charge is 2.21. The van der Waals surface area contributed by atoms with Crippen molar-refractivity contribution in [2.75, 3.05) is 24.7 Å². The first-order valence-electron chi connectivity index (χ1n) is 9.56. The number of anilines is 1. The molecular weight excluding hydrogens is 394 g/mol. The standard InChI is InChI=1S/C20H27N3O5S/c1-3-4-13-28-18(24)15-23-19(25)17(14-22-20(23)29(2,26)27)21-12-8-11-16-9-6-5-7-10-16/h5-7,9-10,14,21H,3-4,8,11-13,15H2,1-2H3. The highest BCUT2D eigenvalue weighted by atomic mass is 32.2. The second-order valence-electron chi connectivity index (χ2n) is 6.71. The van der Waals surface area contributed by atoms with Gasteiger partial charge in [0, 0.05) is 12.8 Å². The van der Waals surface area contributed by atoms with Gasteiger partial charge >= 0.3 is 5.97 Å². The molecule has 0 unspecified atom stereocenters. The second-order valence-corrected chi connectivity index (χ2v) is 8.62. The molecule has 0 saturated heterocycles. The van der Waals surface area contributed by atoms with Gasteiger partial charge < -0.3 is 10.1 Å². The SMILES string of the molecule is CCCCOC(=O)Cn1c(S(C)(=O)=O)ncc(NCCCc2ccccc2)c1=O. The van der Waals surface area contributed by atoms with Gasteiger partial charge in [0.1, 0.15) is 12.2 Å². The molecule has 0 fully saturated rings. The fourth-order valence-electron chi connectivity index (χ4n) is 2.70. The average molecular weight is 422 g/mol. The molecule has 0 aliphatic rings. The summed E-state index contributed by atoms with van der Waals surface area (Å²) in [5.41, 5.74) is 0.714. The summed E-state index contributed by atoms with van der Waals surface area (Å²) in [7, 11) is -3.79. The second kappa shape index (κ2) is 10.8. The summed E-state index contributed by atoms with van der Waals surface area (Å²) >= 11 is 0. The van der Waals surface area contributed by atoms with Gasteiger partial charge in [0.15, 0.2) is 0 Å². The topological polar surface area (TPSA) is 107 Å². The van der Waals surface area contributed by atoms with Crippen LogP contribution in [0.2, 0.25) is 0 Å². The molecule has 1 aromatic carbocycles. The lowest BCUT2D eigenvalue weighted by Gasteiger charge is -2.13. The van der Waals surface area contributed by atoms with Crippen LogP contribution in [0.3, 0.4) is 0 Å². The lowest BCUT2D eigenvalue weighted by atomic mass is 10.1. The van der Waals surface area contributed by atoms with Crippen LogP contribution in [0.25, 0.3) is 0 Å². The average Bonchev–Trinajstić information content (AvgIpc) is 2.68. The Morgan fingerprint density at radius 2 is 1.93 bits per heavy atom. The van der Waals surface area contributed by atoms with Crippen molar-refractivity contribution < 1.29 is 17.9 Å². The third kappa shape index (κ3) is 7.01. The molecule has 0 aliphatic carbocycles. The molecule has 0 atom stereocenters. The van der Waals surface area contributed by atoms with Crippen LogP contribution in [0.1, 0.15) is 31.7 Å². The largest absolute Gasteiger partial charge is 0.464 e. The Morgan fingerprint density at radius 3 is 2.59 bits per heavy atom. The minimum atomic E-state index is -3.79. The molecule has 0 saturated carbocycles. The highest BCUT2D eigenvalue weighted by molar-refractivity contribution is 7.90. The fourth-order valence-corrected chi connectivity index (χ4v) is 3.49. The first-order chi connectivity index (χ1) is 13.8. The summed E-state index contributed by atoms with van der Waals surface area (Å²) in [6.45, 7) is 2.18. The number of carbonyl (C=O) groups excluding carboxylic acids is 1. The van der Waals surface area contributed by atoms with E-state index in [0.717, 1.165) is 30.1 Å². The van der Waals surface area contributed by atoms with E-state index in [0.29, 0.717) is 13.0 Å². The van der Waals surface area contributed by atoms with Crippen molar-refractivity contribution in [2.24, 2.45) is 0 Å². The number of ether oxygens (including phenoxy) is 1. The van der Waals surface area contributed by atoms with Crippen molar-refractivity contribution in [3.05, 3.63) is 52.4 Å². The molecule has 0 radical (unpaired) electrons. The van der Waals surface area contributed by atoms with Crippen LogP contribution in [-0.4, -0.2) is 43.3 Å². The maximum absolute atomic E-state index is 12.8. The number of esters is 1. The van der Waals surface area contributed by atoms with E-state index in [1.165, 1.54) is 11.8 Å². The summed E-state index contributed by atoms with van der Waals surface area (Å²) in [6.07, 6.45) is 5.30. The molecule has 1 heterocycles. The van der Waals surface area contributed by atoms with E-state index >= 15 is 0 Å². The van der Waals surface area contributed by atoms with Gasteiger partial charge in [-0.3, -0.25) is 14.2 Å².